The van der Waals surface area contributed by atoms with Crippen LogP contribution in [0.1, 0.15) is 46.6 Å². The van der Waals surface area contributed by atoms with Crippen LogP contribution in [0.15, 0.2) is 42.5 Å². The van der Waals surface area contributed by atoms with Crippen LogP contribution < -0.4 is 0 Å². The minimum atomic E-state index is -0.626. The van der Waals surface area contributed by atoms with E-state index in [-0.39, 0.29) is 25.2 Å². The largest absolute Gasteiger partial charge is 0.461 e. The molecule has 0 aliphatic carbocycles. The Hall–Kier alpha value is -2.10. The van der Waals surface area contributed by atoms with E-state index in [1.54, 1.807) is 6.08 Å². The van der Waals surface area contributed by atoms with Crippen molar-refractivity contribution >= 4 is 11.9 Å². The third-order valence-electron chi connectivity index (χ3n) is 3.48. The number of hydrogen-bond acceptors (Lipinski definition) is 4. The van der Waals surface area contributed by atoms with E-state index in [0.717, 1.165) is 5.56 Å². The Morgan fingerprint density at radius 2 is 1.54 bits per heavy atom. The third kappa shape index (κ3) is 6.99. The minimum Gasteiger partial charge on any atom is -0.461 e. The van der Waals surface area contributed by atoms with Crippen molar-refractivity contribution < 1.29 is 19.1 Å². The molecule has 0 N–H and O–H groups in total. The quantitative estimate of drug-likeness (QED) is 0.552. The summed E-state index contributed by atoms with van der Waals surface area (Å²) in [4.78, 5) is 23.8. The molecule has 1 rings (SSSR count). The van der Waals surface area contributed by atoms with Gasteiger partial charge < -0.3 is 9.47 Å². The molecule has 0 bridgehead atoms. The van der Waals surface area contributed by atoms with Crippen LogP contribution in [0.5, 0.6) is 0 Å². The number of hydrogen-bond donors (Lipinski definition) is 0. The molecule has 0 aromatic heterocycles. The summed E-state index contributed by atoms with van der Waals surface area (Å²) in [5.74, 6) is -0.489. The van der Waals surface area contributed by atoms with E-state index < -0.39 is 10.8 Å². The van der Waals surface area contributed by atoms with Crippen molar-refractivity contribution in [2.24, 2.45) is 10.8 Å². The second-order valence-corrected chi connectivity index (χ2v) is 7.47. The number of ether oxygens (including phenoxy) is 2. The van der Waals surface area contributed by atoms with Crippen LogP contribution in [0.2, 0.25) is 0 Å². The van der Waals surface area contributed by atoms with Gasteiger partial charge in [-0.3, -0.25) is 9.59 Å². The maximum Gasteiger partial charge on any atom is 0.312 e. The van der Waals surface area contributed by atoms with Gasteiger partial charge >= 0.3 is 11.9 Å². The van der Waals surface area contributed by atoms with Gasteiger partial charge in [0.2, 0.25) is 0 Å². The van der Waals surface area contributed by atoms with Crippen molar-refractivity contribution in [2.45, 2.75) is 47.6 Å². The fraction of sp³-hybridized carbons (Fsp3) is 0.500. The van der Waals surface area contributed by atoms with Crippen molar-refractivity contribution in [2.75, 3.05) is 6.61 Å². The minimum absolute atomic E-state index is 0.214. The van der Waals surface area contributed by atoms with E-state index in [1.165, 1.54) is 0 Å². The number of esters is 2. The van der Waals surface area contributed by atoms with E-state index >= 15 is 0 Å². The van der Waals surface area contributed by atoms with Crippen molar-refractivity contribution in [3.05, 3.63) is 48.0 Å². The number of rotatable bonds is 7. The van der Waals surface area contributed by atoms with Crippen molar-refractivity contribution in [1.82, 2.24) is 0 Å². The molecule has 0 saturated heterocycles. The van der Waals surface area contributed by atoms with Gasteiger partial charge in [0.1, 0.15) is 13.2 Å². The highest BCUT2D eigenvalue weighted by atomic mass is 16.5. The number of carbonyl (C=O) groups excluding carboxylic acids is 2. The third-order valence-corrected chi connectivity index (χ3v) is 3.48. The summed E-state index contributed by atoms with van der Waals surface area (Å²) in [6.45, 7) is 9.60. The molecule has 0 saturated carbocycles. The summed E-state index contributed by atoms with van der Waals surface area (Å²) in [6.07, 6.45) is 4.13. The van der Waals surface area contributed by atoms with Gasteiger partial charge in [0.25, 0.3) is 0 Å². The summed E-state index contributed by atoms with van der Waals surface area (Å²) in [7, 11) is 0. The zero-order valence-electron chi connectivity index (χ0n) is 15.3. The fourth-order valence-corrected chi connectivity index (χ4v) is 1.79. The maximum absolute atomic E-state index is 12.2. The predicted octanol–water partition coefficient (Wildman–Crippen LogP) is 4.29. The van der Waals surface area contributed by atoms with Crippen molar-refractivity contribution in [3.63, 3.8) is 0 Å². The normalized spacial score (nSPS) is 12.2. The molecule has 0 atom stereocenters. The zero-order chi connectivity index (χ0) is 18.2. The second-order valence-electron chi connectivity index (χ2n) is 7.47. The molecule has 0 amide bonds. The fourth-order valence-electron chi connectivity index (χ4n) is 1.79. The summed E-state index contributed by atoms with van der Waals surface area (Å²) < 4.78 is 10.5. The molecule has 1 aromatic rings. The number of carbonyl (C=O) groups is 2. The van der Waals surface area contributed by atoms with Gasteiger partial charge in [0, 0.05) is 0 Å². The van der Waals surface area contributed by atoms with Gasteiger partial charge in [-0.1, -0.05) is 42.5 Å². The van der Waals surface area contributed by atoms with Crippen molar-refractivity contribution in [3.8, 4) is 0 Å². The lowest BCUT2D eigenvalue weighted by Gasteiger charge is -2.21. The zero-order valence-corrected chi connectivity index (χ0v) is 15.3. The van der Waals surface area contributed by atoms with Crippen LogP contribution in [0.25, 0.3) is 0 Å². The summed E-state index contributed by atoms with van der Waals surface area (Å²) in [6, 6.07) is 9.59. The van der Waals surface area contributed by atoms with Crippen LogP contribution in [0.3, 0.4) is 0 Å². The summed E-state index contributed by atoms with van der Waals surface area (Å²) in [5, 5.41) is 0. The first kappa shape index (κ1) is 19.9. The van der Waals surface area contributed by atoms with Crippen LogP contribution in [0.4, 0.5) is 0 Å². The highest BCUT2D eigenvalue weighted by Gasteiger charge is 2.28. The van der Waals surface area contributed by atoms with E-state index in [0.29, 0.717) is 6.42 Å². The maximum atomic E-state index is 12.2. The first-order chi connectivity index (χ1) is 11.1. The highest BCUT2D eigenvalue weighted by Crippen LogP contribution is 2.23. The van der Waals surface area contributed by atoms with Crippen LogP contribution in [-0.2, 0) is 25.7 Å². The molecule has 0 unspecified atom stereocenters. The predicted molar refractivity (Wildman–Crippen MR) is 94.2 cm³/mol. The van der Waals surface area contributed by atoms with Crippen molar-refractivity contribution in [1.29, 1.82) is 0 Å². The first-order valence-corrected chi connectivity index (χ1v) is 8.16. The van der Waals surface area contributed by atoms with Crippen LogP contribution in [0, 0.1) is 10.8 Å². The van der Waals surface area contributed by atoms with Gasteiger partial charge in [-0.15, -0.1) is 0 Å². The van der Waals surface area contributed by atoms with E-state index in [4.69, 9.17) is 9.47 Å². The smallest absolute Gasteiger partial charge is 0.312 e. The lowest BCUT2D eigenvalue weighted by molar-refractivity contribution is -0.155. The lowest BCUT2D eigenvalue weighted by atomic mass is 9.89. The van der Waals surface area contributed by atoms with Gasteiger partial charge in [-0.05, 0) is 46.6 Å². The molecule has 0 heterocycles. The molecule has 24 heavy (non-hydrogen) atoms. The molecular weight excluding hydrogens is 304 g/mol. The SMILES string of the molecule is CC(C)(C)C(=O)OC/C=C\CC(C)(C)C(=O)OCc1ccccc1. The van der Waals surface area contributed by atoms with E-state index in [1.807, 2.05) is 71.0 Å². The summed E-state index contributed by atoms with van der Waals surface area (Å²) >= 11 is 0. The van der Waals surface area contributed by atoms with Gasteiger partial charge in [0.15, 0.2) is 0 Å². The van der Waals surface area contributed by atoms with Crippen LogP contribution in [-0.4, -0.2) is 18.5 Å². The molecule has 4 nitrogen and oxygen atoms in total. The standard InChI is InChI=1S/C20H28O4/c1-19(2,3)17(21)23-14-10-9-13-20(4,5)18(22)24-15-16-11-7-6-8-12-16/h6-12H,13-15H2,1-5H3/b10-9-. The molecule has 1 aromatic carbocycles. The Morgan fingerprint density at radius 1 is 0.917 bits per heavy atom. The van der Waals surface area contributed by atoms with Gasteiger partial charge in [-0.2, -0.15) is 0 Å². The molecule has 0 radical (unpaired) electrons. The molecule has 0 aliphatic heterocycles. The Morgan fingerprint density at radius 3 is 2.12 bits per heavy atom. The van der Waals surface area contributed by atoms with Crippen LogP contribution >= 0.6 is 0 Å². The average molecular weight is 332 g/mol. The molecular formula is C20H28O4. The highest BCUT2D eigenvalue weighted by molar-refractivity contribution is 5.76. The molecule has 4 heteroatoms. The Bertz CT molecular complexity index is 565. The first-order valence-electron chi connectivity index (χ1n) is 8.16. The lowest BCUT2D eigenvalue weighted by Crippen LogP contribution is -2.26. The van der Waals surface area contributed by atoms with Gasteiger partial charge in [-0.25, -0.2) is 0 Å². The summed E-state index contributed by atoms with van der Waals surface area (Å²) in [5.41, 5.74) is -0.167. The molecule has 0 spiro atoms. The topological polar surface area (TPSA) is 52.6 Å². The molecule has 0 aliphatic rings. The van der Waals surface area contributed by atoms with Gasteiger partial charge in [0.05, 0.1) is 10.8 Å². The van der Waals surface area contributed by atoms with E-state index in [9.17, 15) is 9.59 Å². The average Bonchev–Trinajstić information content (AvgIpc) is 2.52. The number of allylic oxidation sites excluding steroid dienone is 1. The second kappa shape index (κ2) is 8.67. The Labute approximate surface area is 144 Å². The monoisotopic (exact) mass is 332 g/mol. The Kier molecular flexibility index (Phi) is 7.20. The molecule has 0 fully saturated rings. The molecule has 132 valence electrons. The Balaban J connectivity index is 2.38. The number of benzene rings is 1. The van der Waals surface area contributed by atoms with E-state index in [2.05, 4.69) is 0 Å².